The molecule has 0 bridgehead atoms. The van der Waals surface area contributed by atoms with Crippen molar-refractivity contribution in [3.63, 3.8) is 0 Å². The Morgan fingerprint density at radius 1 is 1.33 bits per heavy atom. The van der Waals surface area contributed by atoms with Crippen LogP contribution in [0.4, 0.5) is 0 Å². The number of ether oxygens (including phenoxy) is 1. The van der Waals surface area contributed by atoms with Crippen LogP contribution >= 0.6 is 0 Å². The Kier molecular flexibility index (Phi) is 6.62. The lowest BCUT2D eigenvalue weighted by atomic mass is 10.1. The van der Waals surface area contributed by atoms with E-state index in [1.54, 1.807) is 7.11 Å². The number of nitrogens with one attached hydrogen (secondary N) is 1. The van der Waals surface area contributed by atoms with Gasteiger partial charge in [0.05, 0.1) is 18.6 Å². The highest BCUT2D eigenvalue weighted by atomic mass is 32.2. The van der Waals surface area contributed by atoms with Crippen LogP contribution in [0.3, 0.4) is 0 Å². The minimum absolute atomic E-state index is 0.00350. The van der Waals surface area contributed by atoms with Crippen molar-refractivity contribution in [3.05, 3.63) is 29.8 Å². The van der Waals surface area contributed by atoms with Gasteiger partial charge < -0.3 is 15.0 Å². The maximum Gasteiger partial charge on any atom is 0.221 e. The average Bonchev–Trinajstić information content (AvgIpc) is 2.93. The Labute approximate surface area is 144 Å². The van der Waals surface area contributed by atoms with E-state index in [0.717, 1.165) is 17.7 Å². The van der Waals surface area contributed by atoms with Gasteiger partial charge in [-0.05, 0) is 37.6 Å². The van der Waals surface area contributed by atoms with Crippen molar-refractivity contribution in [2.45, 2.75) is 25.3 Å². The van der Waals surface area contributed by atoms with Crippen LogP contribution in [-0.2, 0) is 21.1 Å². The Morgan fingerprint density at radius 3 is 2.62 bits per heavy atom. The molecule has 2 rings (SSSR count). The van der Waals surface area contributed by atoms with Gasteiger partial charge >= 0.3 is 0 Å². The van der Waals surface area contributed by atoms with Crippen molar-refractivity contribution >= 4 is 15.7 Å². The summed E-state index contributed by atoms with van der Waals surface area (Å²) in [6.45, 7) is 1.17. The van der Waals surface area contributed by atoms with Crippen molar-refractivity contribution in [2.24, 2.45) is 0 Å². The summed E-state index contributed by atoms with van der Waals surface area (Å²) in [5.41, 5.74) is 1.14. The van der Waals surface area contributed by atoms with Gasteiger partial charge in [0.15, 0.2) is 9.84 Å². The zero-order valence-corrected chi connectivity index (χ0v) is 15.1. The number of benzene rings is 1. The molecular formula is C17H26N2O4S. The highest BCUT2D eigenvalue weighted by molar-refractivity contribution is 7.91. The number of nitrogens with zero attached hydrogens (tertiary/aromatic N) is 1. The number of carbonyl (C=O) groups excluding carboxylic acids is 1. The van der Waals surface area contributed by atoms with Crippen LogP contribution in [0.1, 0.15) is 18.4 Å². The summed E-state index contributed by atoms with van der Waals surface area (Å²) in [4.78, 5) is 13.9. The zero-order chi connectivity index (χ0) is 17.6. The molecule has 0 aliphatic carbocycles. The van der Waals surface area contributed by atoms with Crippen molar-refractivity contribution < 1.29 is 17.9 Å². The third kappa shape index (κ3) is 5.79. The molecule has 134 valence electrons. The van der Waals surface area contributed by atoms with Gasteiger partial charge in [0, 0.05) is 25.6 Å². The molecule has 1 aliphatic rings. The largest absolute Gasteiger partial charge is 0.497 e. The summed E-state index contributed by atoms with van der Waals surface area (Å²) >= 11 is 0. The van der Waals surface area contributed by atoms with E-state index < -0.39 is 9.84 Å². The standard InChI is InChI=1S/C17H26N2O4S/c1-19(15-9-12-24(21,22)13-15)11-8-17(20)18-10-7-14-3-5-16(23-2)6-4-14/h3-6,15H,7-13H2,1-2H3,(H,18,20). The lowest BCUT2D eigenvalue weighted by Crippen LogP contribution is -2.36. The van der Waals surface area contributed by atoms with Crippen molar-refractivity contribution in [1.29, 1.82) is 0 Å². The summed E-state index contributed by atoms with van der Waals surface area (Å²) in [5, 5.41) is 2.91. The average molecular weight is 354 g/mol. The Hall–Kier alpha value is -1.60. The molecule has 1 heterocycles. The highest BCUT2D eigenvalue weighted by Gasteiger charge is 2.30. The van der Waals surface area contributed by atoms with Crippen LogP contribution in [0.2, 0.25) is 0 Å². The number of hydrogen-bond donors (Lipinski definition) is 1. The summed E-state index contributed by atoms with van der Waals surface area (Å²) in [5.74, 6) is 1.29. The first kappa shape index (κ1) is 18.7. The molecule has 1 unspecified atom stereocenters. The number of rotatable bonds is 8. The molecule has 0 saturated carbocycles. The third-order valence-corrected chi connectivity index (χ3v) is 6.17. The van der Waals surface area contributed by atoms with E-state index >= 15 is 0 Å². The second-order valence-electron chi connectivity index (χ2n) is 6.24. The normalized spacial score (nSPS) is 19.4. The molecule has 0 aromatic heterocycles. The number of amides is 1. The number of methoxy groups -OCH3 is 1. The quantitative estimate of drug-likeness (QED) is 0.749. The Balaban J connectivity index is 1.64. The van der Waals surface area contributed by atoms with E-state index in [-0.39, 0.29) is 23.5 Å². The van der Waals surface area contributed by atoms with Crippen molar-refractivity contribution in [2.75, 3.05) is 38.8 Å². The molecule has 1 amide bonds. The predicted octanol–water partition coefficient (Wildman–Crippen LogP) is 0.863. The predicted molar refractivity (Wildman–Crippen MR) is 94.0 cm³/mol. The number of carbonyl (C=O) groups is 1. The van der Waals surface area contributed by atoms with Crippen molar-refractivity contribution in [3.8, 4) is 5.75 Å². The zero-order valence-electron chi connectivity index (χ0n) is 14.3. The minimum atomic E-state index is -2.88. The van der Waals surface area contributed by atoms with E-state index in [4.69, 9.17) is 4.74 Å². The number of hydrogen-bond acceptors (Lipinski definition) is 5. The SMILES string of the molecule is COc1ccc(CCNC(=O)CCN(C)C2CCS(=O)(=O)C2)cc1. The molecule has 1 fully saturated rings. The summed E-state index contributed by atoms with van der Waals surface area (Å²) < 4.78 is 28.1. The van der Waals surface area contributed by atoms with Gasteiger partial charge in [0.1, 0.15) is 5.75 Å². The van der Waals surface area contributed by atoms with Crippen LogP contribution in [0.15, 0.2) is 24.3 Å². The van der Waals surface area contributed by atoms with Crippen LogP contribution in [0.25, 0.3) is 0 Å². The van der Waals surface area contributed by atoms with E-state index in [0.29, 0.717) is 25.9 Å². The van der Waals surface area contributed by atoms with Gasteiger partial charge in [-0.3, -0.25) is 4.79 Å². The summed E-state index contributed by atoms with van der Waals surface area (Å²) in [6, 6.07) is 7.82. The Morgan fingerprint density at radius 2 is 2.04 bits per heavy atom. The molecule has 6 nitrogen and oxygen atoms in total. The van der Waals surface area contributed by atoms with Crippen LogP contribution in [-0.4, -0.2) is 64.0 Å². The summed E-state index contributed by atoms with van der Waals surface area (Å²) in [6.07, 6.45) is 1.82. The molecule has 1 atom stereocenters. The molecule has 24 heavy (non-hydrogen) atoms. The van der Waals surface area contributed by atoms with Gasteiger partial charge in [-0.15, -0.1) is 0 Å². The molecule has 1 aromatic carbocycles. The molecule has 1 aliphatic heterocycles. The van der Waals surface area contributed by atoms with Crippen LogP contribution < -0.4 is 10.1 Å². The number of sulfone groups is 1. The van der Waals surface area contributed by atoms with Gasteiger partial charge in [-0.2, -0.15) is 0 Å². The van der Waals surface area contributed by atoms with E-state index in [9.17, 15) is 13.2 Å². The first-order valence-corrected chi connectivity index (χ1v) is 10.0. The van der Waals surface area contributed by atoms with Gasteiger partial charge in [0.25, 0.3) is 0 Å². The highest BCUT2D eigenvalue weighted by Crippen LogP contribution is 2.16. The first-order chi connectivity index (χ1) is 11.4. The topological polar surface area (TPSA) is 75.7 Å². The molecule has 1 aromatic rings. The smallest absolute Gasteiger partial charge is 0.221 e. The summed E-state index contributed by atoms with van der Waals surface area (Å²) in [7, 11) is 0.637. The molecule has 1 N–H and O–H groups in total. The maximum atomic E-state index is 11.9. The van der Waals surface area contributed by atoms with E-state index in [1.807, 2.05) is 36.2 Å². The second-order valence-corrected chi connectivity index (χ2v) is 8.46. The fourth-order valence-electron chi connectivity index (χ4n) is 2.81. The minimum Gasteiger partial charge on any atom is -0.497 e. The fourth-order valence-corrected chi connectivity index (χ4v) is 4.62. The van der Waals surface area contributed by atoms with Gasteiger partial charge in [0.2, 0.25) is 5.91 Å². The van der Waals surface area contributed by atoms with Crippen LogP contribution in [0.5, 0.6) is 5.75 Å². The van der Waals surface area contributed by atoms with Crippen molar-refractivity contribution in [1.82, 2.24) is 10.2 Å². The fraction of sp³-hybridized carbons (Fsp3) is 0.588. The monoisotopic (exact) mass is 354 g/mol. The molecule has 0 radical (unpaired) electrons. The lowest BCUT2D eigenvalue weighted by molar-refractivity contribution is -0.121. The van der Waals surface area contributed by atoms with Crippen LogP contribution in [0, 0.1) is 0 Å². The Bertz CT molecular complexity index is 643. The molecule has 0 spiro atoms. The van der Waals surface area contributed by atoms with E-state index in [2.05, 4.69) is 5.32 Å². The van der Waals surface area contributed by atoms with Gasteiger partial charge in [-0.1, -0.05) is 12.1 Å². The first-order valence-electron chi connectivity index (χ1n) is 8.20. The molecule has 7 heteroatoms. The van der Waals surface area contributed by atoms with Gasteiger partial charge in [-0.25, -0.2) is 8.42 Å². The molecular weight excluding hydrogens is 328 g/mol. The lowest BCUT2D eigenvalue weighted by Gasteiger charge is -2.22. The second kappa shape index (κ2) is 8.48. The molecule has 1 saturated heterocycles. The maximum absolute atomic E-state index is 11.9. The van der Waals surface area contributed by atoms with E-state index in [1.165, 1.54) is 0 Å². The third-order valence-electron chi connectivity index (χ3n) is 4.42.